The molecule has 1 fully saturated rings. The molecular formula is C22H26FN3O2. The number of aryl methyl sites for hydroxylation is 1. The first-order valence-corrected chi connectivity index (χ1v) is 9.61. The Morgan fingerprint density at radius 2 is 1.89 bits per heavy atom. The van der Waals surface area contributed by atoms with E-state index in [2.05, 4.69) is 17.6 Å². The van der Waals surface area contributed by atoms with Crippen LogP contribution in [0.3, 0.4) is 0 Å². The number of hydrogen-bond donors (Lipinski definition) is 2. The largest absolute Gasteiger partial charge is 0.339 e. The summed E-state index contributed by atoms with van der Waals surface area (Å²) in [5, 5.41) is 5.48. The molecule has 3 amide bonds. The first kappa shape index (κ1) is 19.9. The fourth-order valence-electron chi connectivity index (χ4n) is 3.33. The van der Waals surface area contributed by atoms with Gasteiger partial charge in [-0.05, 0) is 67.1 Å². The van der Waals surface area contributed by atoms with E-state index in [-0.39, 0.29) is 24.3 Å². The summed E-state index contributed by atoms with van der Waals surface area (Å²) >= 11 is 0. The topological polar surface area (TPSA) is 61.4 Å². The van der Waals surface area contributed by atoms with E-state index >= 15 is 0 Å². The monoisotopic (exact) mass is 383 g/mol. The molecule has 1 saturated heterocycles. The fraction of sp³-hybridized carbons (Fsp3) is 0.364. The van der Waals surface area contributed by atoms with Crippen molar-refractivity contribution in [1.82, 2.24) is 10.2 Å². The lowest BCUT2D eigenvalue weighted by Crippen LogP contribution is -2.37. The van der Waals surface area contributed by atoms with Gasteiger partial charge in [-0.3, -0.25) is 4.79 Å². The quantitative estimate of drug-likeness (QED) is 0.826. The SMILES string of the molecule is Cc1cc(C(=O)N2CCC(C)CC2)ccc1NC(=O)NCc1cccc(F)c1. The van der Waals surface area contributed by atoms with Gasteiger partial charge in [0.25, 0.3) is 5.91 Å². The lowest BCUT2D eigenvalue weighted by molar-refractivity contribution is 0.0697. The predicted octanol–water partition coefficient (Wildman–Crippen LogP) is 4.33. The lowest BCUT2D eigenvalue weighted by Gasteiger charge is -2.30. The summed E-state index contributed by atoms with van der Waals surface area (Å²) in [6.07, 6.45) is 2.08. The first-order chi connectivity index (χ1) is 13.4. The number of hydrogen-bond acceptors (Lipinski definition) is 2. The van der Waals surface area contributed by atoms with Crippen LogP contribution in [-0.4, -0.2) is 29.9 Å². The normalized spacial score (nSPS) is 14.6. The number of amides is 3. The van der Waals surface area contributed by atoms with Crippen LogP contribution in [0.1, 0.15) is 41.3 Å². The van der Waals surface area contributed by atoms with E-state index in [9.17, 15) is 14.0 Å². The molecular weight excluding hydrogens is 357 g/mol. The van der Waals surface area contributed by atoms with E-state index in [1.165, 1.54) is 12.1 Å². The third-order valence-corrected chi connectivity index (χ3v) is 5.13. The van der Waals surface area contributed by atoms with Crippen LogP contribution in [0.2, 0.25) is 0 Å². The van der Waals surface area contributed by atoms with E-state index in [4.69, 9.17) is 0 Å². The number of nitrogens with zero attached hydrogens (tertiary/aromatic N) is 1. The minimum absolute atomic E-state index is 0.0390. The van der Waals surface area contributed by atoms with Crippen LogP contribution in [0, 0.1) is 18.7 Å². The minimum Gasteiger partial charge on any atom is -0.339 e. The van der Waals surface area contributed by atoms with E-state index < -0.39 is 0 Å². The van der Waals surface area contributed by atoms with Crippen molar-refractivity contribution in [3.8, 4) is 0 Å². The van der Waals surface area contributed by atoms with Crippen LogP contribution >= 0.6 is 0 Å². The molecule has 5 nitrogen and oxygen atoms in total. The van der Waals surface area contributed by atoms with Gasteiger partial charge in [0.15, 0.2) is 0 Å². The van der Waals surface area contributed by atoms with E-state index in [0.29, 0.717) is 22.7 Å². The molecule has 6 heteroatoms. The molecule has 1 aliphatic rings. The Kier molecular flexibility index (Phi) is 6.29. The number of carbonyl (C=O) groups is 2. The maximum Gasteiger partial charge on any atom is 0.319 e. The van der Waals surface area contributed by atoms with Crippen LogP contribution in [0.15, 0.2) is 42.5 Å². The summed E-state index contributed by atoms with van der Waals surface area (Å²) in [5.74, 6) is 0.374. The smallest absolute Gasteiger partial charge is 0.319 e. The summed E-state index contributed by atoms with van der Waals surface area (Å²) in [4.78, 5) is 26.7. The minimum atomic E-state index is -0.378. The van der Waals surface area contributed by atoms with Gasteiger partial charge in [0, 0.05) is 30.9 Å². The highest BCUT2D eigenvalue weighted by Crippen LogP contribution is 2.21. The van der Waals surface area contributed by atoms with Crippen LogP contribution in [0.25, 0.3) is 0 Å². The summed E-state index contributed by atoms with van der Waals surface area (Å²) in [5.41, 5.74) is 2.78. The zero-order chi connectivity index (χ0) is 20.1. The Bertz CT molecular complexity index is 861. The Balaban J connectivity index is 1.57. The molecule has 2 N–H and O–H groups in total. The molecule has 28 heavy (non-hydrogen) atoms. The van der Waals surface area contributed by atoms with Crippen LogP contribution in [0.5, 0.6) is 0 Å². The molecule has 148 valence electrons. The molecule has 3 rings (SSSR count). The van der Waals surface area contributed by atoms with E-state index in [1.807, 2.05) is 17.9 Å². The Labute approximate surface area is 164 Å². The molecule has 0 saturated carbocycles. The van der Waals surface area contributed by atoms with Crippen molar-refractivity contribution in [3.63, 3.8) is 0 Å². The maximum atomic E-state index is 13.2. The summed E-state index contributed by atoms with van der Waals surface area (Å²) < 4.78 is 13.2. The van der Waals surface area contributed by atoms with Crippen molar-refractivity contribution in [2.45, 2.75) is 33.2 Å². The molecule has 1 heterocycles. The van der Waals surface area contributed by atoms with Gasteiger partial charge in [0.05, 0.1) is 0 Å². The molecule has 0 bridgehead atoms. The molecule has 1 aliphatic heterocycles. The van der Waals surface area contributed by atoms with Crippen molar-refractivity contribution in [2.24, 2.45) is 5.92 Å². The van der Waals surface area contributed by atoms with E-state index in [1.54, 1.807) is 24.3 Å². The summed E-state index contributed by atoms with van der Waals surface area (Å²) in [6.45, 7) is 5.89. The molecule has 0 spiro atoms. The highest BCUT2D eigenvalue weighted by Gasteiger charge is 2.21. The predicted molar refractivity (Wildman–Crippen MR) is 108 cm³/mol. The van der Waals surface area contributed by atoms with Crippen LogP contribution in [-0.2, 0) is 6.54 Å². The van der Waals surface area contributed by atoms with Crippen LogP contribution < -0.4 is 10.6 Å². The third kappa shape index (κ3) is 5.09. The van der Waals surface area contributed by atoms with Gasteiger partial charge < -0.3 is 15.5 Å². The number of piperidine rings is 1. The zero-order valence-corrected chi connectivity index (χ0v) is 16.3. The Morgan fingerprint density at radius 1 is 1.14 bits per heavy atom. The number of benzene rings is 2. The van der Waals surface area contributed by atoms with Gasteiger partial charge in [-0.25, -0.2) is 9.18 Å². The van der Waals surface area contributed by atoms with Crippen molar-refractivity contribution in [3.05, 3.63) is 65.0 Å². The van der Waals surface area contributed by atoms with Crippen molar-refractivity contribution < 1.29 is 14.0 Å². The van der Waals surface area contributed by atoms with Gasteiger partial charge >= 0.3 is 6.03 Å². The summed E-state index contributed by atoms with van der Waals surface area (Å²) in [7, 11) is 0. The Hall–Kier alpha value is -2.89. The van der Waals surface area contributed by atoms with Crippen LogP contribution in [0.4, 0.5) is 14.9 Å². The van der Waals surface area contributed by atoms with Gasteiger partial charge in [-0.15, -0.1) is 0 Å². The highest BCUT2D eigenvalue weighted by atomic mass is 19.1. The summed E-state index contributed by atoms with van der Waals surface area (Å²) in [6, 6.07) is 11.0. The molecule has 0 atom stereocenters. The number of anilines is 1. The van der Waals surface area contributed by atoms with Gasteiger partial charge in [0.2, 0.25) is 0 Å². The molecule has 0 aromatic heterocycles. The maximum absolute atomic E-state index is 13.2. The lowest BCUT2D eigenvalue weighted by atomic mass is 9.98. The van der Waals surface area contributed by atoms with Crippen molar-refractivity contribution in [1.29, 1.82) is 0 Å². The molecule has 0 unspecified atom stereocenters. The molecule has 2 aromatic carbocycles. The molecule has 0 aliphatic carbocycles. The van der Waals surface area contributed by atoms with Gasteiger partial charge in [-0.1, -0.05) is 19.1 Å². The Morgan fingerprint density at radius 3 is 2.57 bits per heavy atom. The standard InChI is InChI=1S/C22H26FN3O2/c1-15-8-10-26(11-9-15)21(27)18-6-7-20(16(2)12-18)25-22(28)24-14-17-4-3-5-19(23)13-17/h3-7,12-13,15H,8-11,14H2,1-2H3,(H2,24,25,28). The molecule has 0 radical (unpaired) electrons. The number of rotatable bonds is 4. The molecule has 2 aromatic rings. The number of carbonyl (C=O) groups excluding carboxylic acids is 2. The average Bonchev–Trinajstić information content (AvgIpc) is 2.68. The van der Waals surface area contributed by atoms with Crippen molar-refractivity contribution >= 4 is 17.6 Å². The van der Waals surface area contributed by atoms with Crippen molar-refractivity contribution in [2.75, 3.05) is 18.4 Å². The number of nitrogens with one attached hydrogen (secondary N) is 2. The van der Waals surface area contributed by atoms with Gasteiger partial charge in [0.1, 0.15) is 5.82 Å². The number of halogens is 1. The second kappa shape index (κ2) is 8.87. The zero-order valence-electron chi connectivity index (χ0n) is 16.3. The number of likely N-dealkylation sites (tertiary alicyclic amines) is 1. The first-order valence-electron chi connectivity index (χ1n) is 9.61. The average molecular weight is 383 g/mol. The highest BCUT2D eigenvalue weighted by molar-refractivity contribution is 5.96. The second-order valence-corrected chi connectivity index (χ2v) is 7.44. The number of urea groups is 1. The fourth-order valence-corrected chi connectivity index (χ4v) is 3.33. The van der Waals surface area contributed by atoms with E-state index in [0.717, 1.165) is 31.5 Å². The second-order valence-electron chi connectivity index (χ2n) is 7.44. The third-order valence-electron chi connectivity index (χ3n) is 5.13. The van der Waals surface area contributed by atoms with Gasteiger partial charge in [-0.2, -0.15) is 0 Å².